The molecule has 0 radical (unpaired) electrons. The van der Waals surface area contributed by atoms with Gasteiger partial charge in [0.15, 0.2) is 0 Å². The zero-order valence-electron chi connectivity index (χ0n) is 10.9. The minimum Gasteiger partial charge on any atom is -0.308 e. The van der Waals surface area contributed by atoms with E-state index in [-0.39, 0.29) is 5.82 Å². The molecule has 0 spiro atoms. The Balaban J connectivity index is 2.02. The highest BCUT2D eigenvalue weighted by atomic mass is 19.1. The molecule has 0 aliphatic rings. The summed E-state index contributed by atoms with van der Waals surface area (Å²) in [7, 11) is 1.87. The van der Waals surface area contributed by atoms with E-state index in [9.17, 15) is 4.39 Å². The second-order valence-electron chi connectivity index (χ2n) is 4.43. The topological polar surface area (TPSA) is 53.6 Å². The molecular weight excluding hydrogens is 243 g/mol. The fourth-order valence-electron chi connectivity index (χ4n) is 1.97. The smallest absolute Gasteiger partial charge is 0.123 e. The second kappa shape index (κ2) is 5.63. The van der Waals surface area contributed by atoms with Gasteiger partial charge in [0.1, 0.15) is 5.82 Å². The SMILES string of the molecule is Cc1nn(C)cc1CNCc1cc(F)ccc1C#N. The van der Waals surface area contributed by atoms with E-state index in [2.05, 4.69) is 16.5 Å². The van der Waals surface area contributed by atoms with Crippen molar-refractivity contribution in [2.24, 2.45) is 7.05 Å². The van der Waals surface area contributed by atoms with E-state index >= 15 is 0 Å². The Hall–Kier alpha value is -2.19. The van der Waals surface area contributed by atoms with Crippen molar-refractivity contribution in [3.05, 3.63) is 52.6 Å². The molecule has 0 aliphatic heterocycles. The molecule has 4 nitrogen and oxygen atoms in total. The first-order valence-electron chi connectivity index (χ1n) is 5.98. The number of rotatable bonds is 4. The molecule has 1 aromatic heterocycles. The van der Waals surface area contributed by atoms with Gasteiger partial charge < -0.3 is 5.32 Å². The number of benzene rings is 1. The lowest BCUT2D eigenvalue weighted by Gasteiger charge is -2.06. The molecule has 0 atom stereocenters. The summed E-state index contributed by atoms with van der Waals surface area (Å²) in [5, 5.41) is 16.4. The van der Waals surface area contributed by atoms with Crippen LogP contribution in [-0.4, -0.2) is 9.78 Å². The molecular formula is C14H15FN4. The lowest BCUT2D eigenvalue weighted by Crippen LogP contribution is -2.14. The van der Waals surface area contributed by atoms with E-state index in [4.69, 9.17) is 5.26 Å². The molecule has 19 heavy (non-hydrogen) atoms. The summed E-state index contributed by atoms with van der Waals surface area (Å²) in [6.45, 7) is 3.04. The van der Waals surface area contributed by atoms with Gasteiger partial charge in [0.25, 0.3) is 0 Å². The van der Waals surface area contributed by atoms with Gasteiger partial charge in [0, 0.05) is 31.9 Å². The molecule has 0 amide bonds. The summed E-state index contributed by atoms with van der Waals surface area (Å²) in [6, 6.07) is 6.25. The van der Waals surface area contributed by atoms with Crippen LogP contribution in [0.2, 0.25) is 0 Å². The second-order valence-corrected chi connectivity index (χ2v) is 4.43. The number of halogens is 1. The summed E-state index contributed by atoms with van der Waals surface area (Å²) < 4.78 is 14.9. The largest absolute Gasteiger partial charge is 0.308 e. The van der Waals surface area contributed by atoms with Crippen molar-refractivity contribution in [3.63, 3.8) is 0 Å². The Kier molecular flexibility index (Phi) is 3.93. The Labute approximate surface area is 111 Å². The van der Waals surface area contributed by atoms with E-state index in [0.29, 0.717) is 24.2 Å². The van der Waals surface area contributed by atoms with Crippen LogP contribution in [-0.2, 0) is 20.1 Å². The number of nitrogens with zero attached hydrogens (tertiary/aromatic N) is 3. The van der Waals surface area contributed by atoms with Crippen LogP contribution in [0.1, 0.15) is 22.4 Å². The lowest BCUT2D eigenvalue weighted by atomic mass is 10.1. The molecule has 0 aliphatic carbocycles. The third-order valence-electron chi connectivity index (χ3n) is 2.93. The monoisotopic (exact) mass is 258 g/mol. The highest BCUT2D eigenvalue weighted by Crippen LogP contribution is 2.11. The molecule has 1 N–H and O–H groups in total. The fourth-order valence-corrected chi connectivity index (χ4v) is 1.97. The average molecular weight is 258 g/mol. The number of hydrogen-bond acceptors (Lipinski definition) is 3. The minimum absolute atomic E-state index is 0.326. The molecule has 1 heterocycles. The molecule has 2 aromatic rings. The highest BCUT2D eigenvalue weighted by molar-refractivity contribution is 5.37. The molecule has 0 saturated carbocycles. The maximum absolute atomic E-state index is 13.2. The van der Waals surface area contributed by atoms with Gasteiger partial charge in [-0.25, -0.2) is 4.39 Å². The quantitative estimate of drug-likeness (QED) is 0.913. The van der Waals surface area contributed by atoms with Crippen LogP contribution in [0.3, 0.4) is 0 Å². The lowest BCUT2D eigenvalue weighted by molar-refractivity contribution is 0.619. The van der Waals surface area contributed by atoms with E-state index in [1.54, 1.807) is 4.68 Å². The van der Waals surface area contributed by atoms with Crippen LogP contribution in [0.5, 0.6) is 0 Å². The van der Waals surface area contributed by atoms with Crippen molar-refractivity contribution in [1.82, 2.24) is 15.1 Å². The van der Waals surface area contributed by atoms with Gasteiger partial charge in [-0.1, -0.05) is 0 Å². The van der Waals surface area contributed by atoms with Gasteiger partial charge in [0.05, 0.1) is 17.3 Å². The minimum atomic E-state index is -0.326. The van der Waals surface area contributed by atoms with E-state index in [1.165, 1.54) is 18.2 Å². The number of aromatic nitrogens is 2. The number of nitriles is 1. The van der Waals surface area contributed by atoms with E-state index in [0.717, 1.165) is 11.3 Å². The fraction of sp³-hybridized carbons (Fsp3) is 0.286. The van der Waals surface area contributed by atoms with Crippen LogP contribution in [0.4, 0.5) is 4.39 Å². The molecule has 2 rings (SSSR count). The van der Waals surface area contributed by atoms with Crippen molar-refractivity contribution in [2.45, 2.75) is 20.0 Å². The zero-order chi connectivity index (χ0) is 13.8. The predicted octanol–water partition coefficient (Wildman–Crippen LogP) is 2.03. The third-order valence-corrected chi connectivity index (χ3v) is 2.93. The third kappa shape index (κ3) is 3.18. The standard InChI is InChI=1S/C14H15FN4/c1-10-13(9-19(2)18-10)8-17-7-12-5-14(15)4-3-11(12)6-16/h3-5,9,17H,7-8H2,1-2H3. The molecule has 0 fully saturated rings. The maximum Gasteiger partial charge on any atom is 0.123 e. The summed E-state index contributed by atoms with van der Waals surface area (Å²) in [5.74, 6) is -0.326. The Morgan fingerprint density at radius 2 is 2.11 bits per heavy atom. The number of aryl methyl sites for hydroxylation is 2. The van der Waals surface area contributed by atoms with Gasteiger partial charge in [-0.3, -0.25) is 4.68 Å². The van der Waals surface area contributed by atoms with Gasteiger partial charge in [-0.2, -0.15) is 10.4 Å². The van der Waals surface area contributed by atoms with E-state index in [1.807, 2.05) is 20.2 Å². The van der Waals surface area contributed by atoms with Crippen LogP contribution in [0.25, 0.3) is 0 Å². The maximum atomic E-state index is 13.2. The predicted molar refractivity (Wildman–Crippen MR) is 69.6 cm³/mol. The first-order chi connectivity index (χ1) is 9.10. The van der Waals surface area contributed by atoms with Gasteiger partial charge in [-0.05, 0) is 30.7 Å². The molecule has 0 unspecified atom stereocenters. The molecule has 98 valence electrons. The summed E-state index contributed by atoms with van der Waals surface area (Å²) >= 11 is 0. The van der Waals surface area contributed by atoms with Crippen molar-refractivity contribution in [3.8, 4) is 6.07 Å². The molecule has 5 heteroatoms. The van der Waals surface area contributed by atoms with Crippen molar-refractivity contribution >= 4 is 0 Å². The Bertz CT molecular complexity index is 625. The Morgan fingerprint density at radius 3 is 2.74 bits per heavy atom. The van der Waals surface area contributed by atoms with Gasteiger partial charge >= 0.3 is 0 Å². The van der Waals surface area contributed by atoms with E-state index < -0.39 is 0 Å². The zero-order valence-corrected chi connectivity index (χ0v) is 10.9. The number of hydrogen-bond donors (Lipinski definition) is 1. The highest BCUT2D eigenvalue weighted by Gasteiger charge is 2.05. The summed E-state index contributed by atoms with van der Waals surface area (Å²) in [5.41, 5.74) is 3.23. The molecule has 1 aromatic carbocycles. The Morgan fingerprint density at radius 1 is 1.37 bits per heavy atom. The van der Waals surface area contributed by atoms with Crippen LogP contribution < -0.4 is 5.32 Å². The van der Waals surface area contributed by atoms with Gasteiger partial charge in [0.2, 0.25) is 0 Å². The van der Waals surface area contributed by atoms with Crippen LogP contribution in [0, 0.1) is 24.1 Å². The van der Waals surface area contributed by atoms with Crippen LogP contribution in [0.15, 0.2) is 24.4 Å². The average Bonchev–Trinajstić information content (AvgIpc) is 2.68. The van der Waals surface area contributed by atoms with Crippen molar-refractivity contribution in [1.29, 1.82) is 5.26 Å². The molecule has 0 saturated heterocycles. The first kappa shape index (κ1) is 13.2. The van der Waals surface area contributed by atoms with Crippen molar-refractivity contribution < 1.29 is 4.39 Å². The first-order valence-corrected chi connectivity index (χ1v) is 5.98. The van der Waals surface area contributed by atoms with Crippen LogP contribution >= 0.6 is 0 Å². The normalized spacial score (nSPS) is 10.4. The summed E-state index contributed by atoms with van der Waals surface area (Å²) in [4.78, 5) is 0. The summed E-state index contributed by atoms with van der Waals surface area (Å²) in [6.07, 6.45) is 1.94. The number of nitrogens with one attached hydrogen (secondary N) is 1. The van der Waals surface area contributed by atoms with Crippen molar-refractivity contribution in [2.75, 3.05) is 0 Å². The molecule has 0 bridgehead atoms. The van der Waals surface area contributed by atoms with Gasteiger partial charge in [-0.15, -0.1) is 0 Å².